The molecule has 17 heavy (non-hydrogen) atoms. The van der Waals surface area contributed by atoms with Crippen LogP contribution in [0.3, 0.4) is 0 Å². The van der Waals surface area contributed by atoms with Crippen LogP contribution >= 0.6 is 0 Å². The van der Waals surface area contributed by atoms with E-state index >= 15 is 0 Å². The van der Waals surface area contributed by atoms with E-state index in [1.54, 1.807) is 0 Å². The number of ether oxygens (including phenoxy) is 1. The average molecular weight is 233 g/mol. The van der Waals surface area contributed by atoms with Gasteiger partial charge in [0.25, 0.3) is 0 Å². The lowest BCUT2D eigenvalue weighted by Gasteiger charge is -2.29. The molecule has 0 radical (unpaired) electrons. The van der Waals surface area contributed by atoms with Crippen molar-refractivity contribution in [1.82, 2.24) is 5.32 Å². The zero-order valence-corrected chi connectivity index (χ0v) is 10.6. The summed E-state index contributed by atoms with van der Waals surface area (Å²) in [6, 6.07) is 7.97. The maximum Gasteiger partial charge on any atom is 0.225 e. The van der Waals surface area contributed by atoms with Gasteiger partial charge in [0.05, 0.1) is 12.6 Å². The van der Waals surface area contributed by atoms with Crippen LogP contribution in [0.5, 0.6) is 5.75 Å². The van der Waals surface area contributed by atoms with E-state index in [1.807, 2.05) is 45.0 Å². The van der Waals surface area contributed by atoms with Gasteiger partial charge in [-0.25, -0.2) is 0 Å². The van der Waals surface area contributed by atoms with Crippen molar-refractivity contribution in [3.05, 3.63) is 29.8 Å². The number of carbonyl (C=O) groups excluding carboxylic acids is 1. The number of fused-ring (bicyclic) bond motifs is 1. The number of amides is 1. The average Bonchev–Trinajstić information content (AvgIpc) is 2.28. The molecule has 0 unspecified atom stereocenters. The van der Waals surface area contributed by atoms with Crippen LogP contribution in [0.2, 0.25) is 0 Å². The molecule has 3 heteroatoms. The highest BCUT2D eigenvalue weighted by Crippen LogP contribution is 2.32. The van der Waals surface area contributed by atoms with Crippen LogP contribution in [-0.2, 0) is 4.79 Å². The predicted octanol–water partition coefficient (Wildman–Crippen LogP) is 2.67. The van der Waals surface area contributed by atoms with Crippen LogP contribution in [-0.4, -0.2) is 12.5 Å². The normalized spacial score (nSPS) is 19.1. The van der Waals surface area contributed by atoms with Crippen molar-refractivity contribution in [2.45, 2.75) is 33.2 Å². The predicted molar refractivity (Wildman–Crippen MR) is 66.9 cm³/mol. The molecule has 1 N–H and O–H groups in total. The molecular formula is C14H19NO2. The molecule has 92 valence electrons. The number of rotatable bonds is 1. The third-order valence-corrected chi connectivity index (χ3v) is 2.95. The first-order valence-electron chi connectivity index (χ1n) is 6.01. The number of nitrogens with one attached hydrogen (secondary N) is 1. The standard InChI is InChI=1S/C14H19NO2/c1-14(2,3)13(16)15-11-8-9-17-12-7-5-4-6-10(11)12/h4-7,11H,8-9H2,1-3H3,(H,15,16)/t11-/m0/s1. The molecule has 0 aromatic heterocycles. The minimum atomic E-state index is -0.354. The van der Waals surface area contributed by atoms with Crippen LogP contribution in [0.4, 0.5) is 0 Å². The lowest BCUT2D eigenvalue weighted by atomic mass is 9.93. The zero-order valence-electron chi connectivity index (χ0n) is 10.6. The molecule has 0 saturated heterocycles. The summed E-state index contributed by atoms with van der Waals surface area (Å²) in [6.45, 7) is 6.43. The first kappa shape index (κ1) is 12.0. The van der Waals surface area contributed by atoms with E-state index in [1.165, 1.54) is 0 Å². The van der Waals surface area contributed by atoms with Gasteiger partial charge in [0, 0.05) is 17.4 Å². The van der Waals surface area contributed by atoms with E-state index in [2.05, 4.69) is 5.32 Å². The summed E-state index contributed by atoms with van der Waals surface area (Å²) in [5.41, 5.74) is 0.726. The topological polar surface area (TPSA) is 38.3 Å². The van der Waals surface area contributed by atoms with Gasteiger partial charge in [0.15, 0.2) is 0 Å². The van der Waals surface area contributed by atoms with E-state index in [0.717, 1.165) is 17.7 Å². The van der Waals surface area contributed by atoms with Crippen molar-refractivity contribution in [1.29, 1.82) is 0 Å². The molecule has 1 aliphatic rings. The fourth-order valence-corrected chi connectivity index (χ4v) is 1.87. The Labute approximate surface area is 102 Å². The number of hydrogen-bond donors (Lipinski definition) is 1. The molecule has 1 amide bonds. The van der Waals surface area contributed by atoms with Gasteiger partial charge < -0.3 is 10.1 Å². The summed E-state index contributed by atoms with van der Waals surface area (Å²) in [6.07, 6.45) is 0.832. The van der Waals surface area contributed by atoms with Crippen LogP contribution in [0, 0.1) is 5.41 Å². The number of carbonyl (C=O) groups is 1. The monoisotopic (exact) mass is 233 g/mol. The molecule has 1 aromatic carbocycles. The Hall–Kier alpha value is -1.51. The van der Waals surface area contributed by atoms with Gasteiger partial charge in [0.2, 0.25) is 5.91 Å². The van der Waals surface area contributed by atoms with Crippen LogP contribution < -0.4 is 10.1 Å². The minimum Gasteiger partial charge on any atom is -0.493 e. The van der Waals surface area contributed by atoms with Crippen LogP contribution in [0.15, 0.2) is 24.3 Å². The lowest BCUT2D eigenvalue weighted by molar-refractivity contribution is -0.129. The summed E-state index contributed by atoms with van der Waals surface area (Å²) in [5.74, 6) is 0.970. The van der Waals surface area contributed by atoms with Gasteiger partial charge in [0.1, 0.15) is 5.75 Å². The van der Waals surface area contributed by atoms with Gasteiger partial charge >= 0.3 is 0 Å². The number of para-hydroxylation sites is 1. The maximum absolute atomic E-state index is 12.0. The van der Waals surface area contributed by atoms with Crippen molar-refractivity contribution in [3.63, 3.8) is 0 Å². The zero-order chi connectivity index (χ0) is 12.5. The molecule has 3 nitrogen and oxygen atoms in total. The molecular weight excluding hydrogens is 214 g/mol. The Kier molecular flexibility index (Phi) is 3.09. The fraction of sp³-hybridized carbons (Fsp3) is 0.500. The number of benzene rings is 1. The second-order valence-corrected chi connectivity index (χ2v) is 5.45. The summed E-state index contributed by atoms with van der Waals surface area (Å²) >= 11 is 0. The Bertz CT molecular complexity index is 420. The molecule has 1 atom stereocenters. The largest absolute Gasteiger partial charge is 0.493 e. The second kappa shape index (κ2) is 4.40. The van der Waals surface area contributed by atoms with Gasteiger partial charge in [-0.3, -0.25) is 4.79 Å². The van der Waals surface area contributed by atoms with E-state index in [4.69, 9.17) is 4.74 Å². The van der Waals surface area contributed by atoms with Gasteiger partial charge in [-0.05, 0) is 6.07 Å². The van der Waals surface area contributed by atoms with E-state index < -0.39 is 0 Å². The summed E-state index contributed by atoms with van der Waals surface area (Å²) in [4.78, 5) is 12.0. The Morgan fingerprint density at radius 2 is 2.06 bits per heavy atom. The van der Waals surface area contributed by atoms with E-state index in [9.17, 15) is 4.79 Å². The quantitative estimate of drug-likeness (QED) is 0.810. The van der Waals surface area contributed by atoms with Crippen molar-refractivity contribution < 1.29 is 9.53 Å². The molecule has 0 saturated carbocycles. The van der Waals surface area contributed by atoms with Crippen molar-refractivity contribution in [2.75, 3.05) is 6.61 Å². The van der Waals surface area contributed by atoms with Crippen molar-refractivity contribution in [3.8, 4) is 5.75 Å². The van der Waals surface area contributed by atoms with Crippen LogP contribution in [0.25, 0.3) is 0 Å². The second-order valence-electron chi connectivity index (χ2n) is 5.45. The summed E-state index contributed by atoms with van der Waals surface area (Å²) in [7, 11) is 0. The fourth-order valence-electron chi connectivity index (χ4n) is 1.87. The van der Waals surface area contributed by atoms with Crippen LogP contribution in [0.1, 0.15) is 38.8 Å². The molecule has 1 aliphatic heterocycles. The first-order valence-corrected chi connectivity index (χ1v) is 6.01. The van der Waals surface area contributed by atoms with Gasteiger partial charge in [-0.1, -0.05) is 39.0 Å². The van der Waals surface area contributed by atoms with Gasteiger partial charge in [-0.2, -0.15) is 0 Å². The lowest BCUT2D eigenvalue weighted by Crippen LogP contribution is -2.39. The molecule has 0 bridgehead atoms. The third kappa shape index (κ3) is 2.60. The molecule has 0 aliphatic carbocycles. The third-order valence-electron chi connectivity index (χ3n) is 2.95. The van der Waals surface area contributed by atoms with Crippen molar-refractivity contribution >= 4 is 5.91 Å². The smallest absolute Gasteiger partial charge is 0.225 e. The Balaban J connectivity index is 2.17. The minimum absolute atomic E-state index is 0.0756. The molecule has 0 fully saturated rings. The van der Waals surface area contributed by atoms with E-state index in [0.29, 0.717) is 6.61 Å². The molecule has 1 heterocycles. The van der Waals surface area contributed by atoms with Gasteiger partial charge in [-0.15, -0.1) is 0 Å². The Morgan fingerprint density at radius 1 is 1.35 bits per heavy atom. The summed E-state index contributed by atoms with van der Waals surface area (Å²) < 4.78 is 5.57. The molecule has 1 aromatic rings. The summed E-state index contributed by atoms with van der Waals surface area (Å²) in [5, 5.41) is 3.10. The molecule has 2 rings (SSSR count). The van der Waals surface area contributed by atoms with Crippen molar-refractivity contribution in [2.24, 2.45) is 5.41 Å². The highest BCUT2D eigenvalue weighted by atomic mass is 16.5. The highest BCUT2D eigenvalue weighted by molar-refractivity contribution is 5.81. The maximum atomic E-state index is 12.0. The SMILES string of the molecule is CC(C)(C)C(=O)N[C@H]1CCOc2ccccc21. The molecule has 0 spiro atoms. The number of hydrogen-bond acceptors (Lipinski definition) is 2. The Morgan fingerprint density at radius 3 is 2.76 bits per heavy atom. The van der Waals surface area contributed by atoms with E-state index in [-0.39, 0.29) is 17.4 Å². The highest BCUT2D eigenvalue weighted by Gasteiger charge is 2.27. The first-order chi connectivity index (χ1) is 7.98.